The number of oxazole rings is 1. The van der Waals surface area contributed by atoms with Crippen LogP contribution in [0, 0.1) is 6.92 Å². The minimum atomic E-state index is -0.0809. The predicted octanol–water partition coefficient (Wildman–Crippen LogP) is 2.34. The van der Waals surface area contributed by atoms with E-state index in [9.17, 15) is 4.79 Å². The molecule has 0 bridgehead atoms. The van der Waals surface area contributed by atoms with Gasteiger partial charge in [-0.25, -0.2) is 4.98 Å². The molecule has 0 radical (unpaired) electrons. The summed E-state index contributed by atoms with van der Waals surface area (Å²) in [7, 11) is 0. The van der Waals surface area contributed by atoms with Gasteiger partial charge in [0.1, 0.15) is 6.26 Å². The first kappa shape index (κ1) is 12.9. The van der Waals surface area contributed by atoms with Gasteiger partial charge in [0.25, 0.3) is 0 Å². The van der Waals surface area contributed by atoms with E-state index in [2.05, 4.69) is 15.6 Å². The van der Waals surface area contributed by atoms with Crippen LogP contribution in [0.3, 0.4) is 0 Å². The maximum Gasteiger partial charge on any atom is 0.241 e. The van der Waals surface area contributed by atoms with Crippen LogP contribution in [0.25, 0.3) is 11.5 Å². The second kappa shape index (κ2) is 5.46. The van der Waals surface area contributed by atoms with E-state index in [4.69, 9.17) is 4.42 Å². The van der Waals surface area contributed by atoms with Crippen molar-refractivity contribution < 1.29 is 9.21 Å². The van der Waals surface area contributed by atoms with Crippen LogP contribution in [0.5, 0.6) is 0 Å². The van der Waals surface area contributed by atoms with Crippen molar-refractivity contribution in [2.45, 2.75) is 25.8 Å². The number of aryl methyl sites for hydroxylation is 1. The number of anilines is 1. The maximum absolute atomic E-state index is 12.1. The molecule has 1 unspecified atom stereocenters. The number of nitrogens with zero attached hydrogens (tertiary/aromatic N) is 1. The number of nitrogens with one attached hydrogen (secondary N) is 2. The molecule has 2 N–H and O–H groups in total. The van der Waals surface area contributed by atoms with Gasteiger partial charge < -0.3 is 15.1 Å². The molecule has 20 heavy (non-hydrogen) atoms. The molecular formula is C15H17N3O2. The molecule has 1 aromatic carbocycles. The SMILES string of the molecule is Cc1coc(-c2cccc(NC(=O)C3CCCN3)c2)n1. The molecule has 2 aromatic rings. The Hall–Kier alpha value is -2.14. The first-order chi connectivity index (χ1) is 9.72. The fourth-order valence-corrected chi connectivity index (χ4v) is 2.35. The van der Waals surface area contributed by atoms with Crippen molar-refractivity contribution in [2.75, 3.05) is 11.9 Å². The van der Waals surface area contributed by atoms with Gasteiger partial charge in [0.2, 0.25) is 11.8 Å². The Balaban J connectivity index is 1.75. The van der Waals surface area contributed by atoms with Crippen molar-refractivity contribution >= 4 is 11.6 Å². The van der Waals surface area contributed by atoms with E-state index >= 15 is 0 Å². The van der Waals surface area contributed by atoms with E-state index in [0.29, 0.717) is 5.89 Å². The third kappa shape index (κ3) is 2.72. The Kier molecular flexibility index (Phi) is 3.52. The Bertz CT molecular complexity index is 615. The fraction of sp³-hybridized carbons (Fsp3) is 0.333. The van der Waals surface area contributed by atoms with Gasteiger partial charge in [0, 0.05) is 11.3 Å². The van der Waals surface area contributed by atoms with Gasteiger partial charge in [-0.1, -0.05) is 6.07 Å². The molecule has 1 aliphatic rings. The smallest absolute Gasteiger partial charge is 0.241 e. The quantitative estimate of drug-likeness (QED) is 0.899. The standard InChI is InChI=1S/C15H17N3O2/c1-10-9-20-15(17-10)11-4-2-5-12(8-11)18-14(19)13-6-3-7-16-13/h2,4-5,8-9,13,16H,3,6-7H2,1H3,(H,18,19). The molecule has 2 heterocycles. The van der Waals surface area contributed by atoms with E-state index in [-0.39, 0.29) is 11.9 Å². The van der Waals surface area contributed by atoms with E-state index in [0.717, 1.165) is 36.3 Å². The summed E-state index contributed by atoms with van der Waals surface area (Å²) in [5.41, 5.74) is 2.46. The molecule has 1 aromatic heterocycles. The monoisotopic (exact) mass is 271 g/mol. The molecule has 5 nitrogen and oxygen atoms in total. The summed E-state index contributed by atoms with van der Waals surface area (Å²) < 4.78 is 5.37. The van der Waals surface area contributed by atoms with Crippen LogP contribution in [0.4, 0.5) is 5.69 Å². The number of rotatable bonds is 3. The fourth-order valence-electron chi connectivity index (χ4n) is 2.35. The molecular weight excluding hydrogens is 254 g/mol. The topological polar surface area (TPSA) is 67.2 Å². The van der Waals surface area contributed by atoms with Crippen LogP contribution in [-0.2, 0) is 4.79 Å². The van der Waals surface area contributed by atoms with E-state index in [1.54, 1.807) is 6.26 Å². The first-order valence-corrected chi connectivity index (χ1v) is 6.79. The zero-order valence-electron chi connectivity index (χ0n) is 11.3. The highest BCUT2D eigenvalue weighted by Gasteiger charge is 2.21. The highest BCUT2D eigenvalue weighted by atomic mass is 16.3. The summed E-state index contributed by atoms with van der Waals surface area (Å²) in [4.78, 5) is 16.3. The van der Waals surface area contributed by atoms with Crippen molar-refractivity contribution in [3.8, 4) is 11.5 Å². The van der Waals surface area contributed by atoms with Crippen molar-refractivity contribution in [1.29, 1.82) is 0 Å². The predicted molar refractivity (Wildman–Crippen MR) is 76.3 cm³/mol. The summed E-state index contributed by atoms with van der Waals surface area (Å²) >= 11 is 0. The Labute approximate surface area is 117 Å². The second-order valence-electron chi connectivity index (χ2n) is 5.01. The Morgan fingerprint density at radius 1 is 1.50 bits per heavy atom. The Morgan fingerprint density at radius 2 is 2.40 bits per heavy atom. The molecule has 1 atom stereocenters. The highest BCUT2D eigenvalue weighted by molar-refractivity contribution is 5.95. The summed E-state index contributed by atoms with van der Waals surface area (Å²) in [5.74, 6) is 0.584. The zero-order chi connectivity index (χ0) is 13.9. The Morgan fingerprint density at radius 3 is 3.10 bits per heavy atom. The second-order valence-corrected chi connectivity index (χ2v) is 5.01. The minimum Gasteiger partial charge on any atom is -0.444 e. The number of hydrogen-bond donors (Lipinski definition) is 2. The summed E-state index contributed by atoms with van der Waals surface area (Å²) in [6, 6.07) is 7.45. The van der Waals surface area contributed by atoms with Crippen molar-refractivity contribution in [2.24, 2.45) is 0 Å². The molecule has 5 heteroatoms. The lowest BCUT2D eigenvalue weighted by atomic mass is 10.1. The summed E-state index contributed by atoms with van der Waals surface area (Å²) in [5, 5.41) is 6.11. The summed E-state index contributed by atoms with van der Waals surface area (Å²) in [6.07, 6.45) is 3.56. The van der Waals surface area contributed by atoms with Gasteiger partial charge in [-0.2, -0.15) is 0 Å². The molecule has 0 saturated carbocycles. The third-order valence-corrected chi connectivity index (χ3v) is 3.37. The van der Waals surface area contributed by atoms with Gasteiger partial charge in [-0.3, -0.25) is 4.79 Å². The van der Waals surface area contributed by atoms with Crippen molar-refractivity contribution in [1.82, 2.24) is 10.3 Å². The number of carbonyl (C=O) groups is 1. The molecule has 104 valence electrons. The lowest BCUT2D eigenvalue weighted by molar-refractivity contribution is -0.117. The number of aromatic nitrogens is 1. The minimum absolute atomic E-state index is 0.0169. The van der Waals surface area contributed by atoms with Crippen LogP contribution >= 0.6 is 0 Å². The van der Waals surface area contributed by atoms with Crippen molar-refractivity contribution in [3.63, 3.8) is 0 Å². The van der Waals surface area contributed by atoms with Crippen LogP contribution in [-0.4, -0.2) is 23.5 Å². The van der Waals surface area contributed by atoms with Gasteiger partial charge in [0.15, 0.2) is 0 Å². The van der Waals surface area contributed by atoms with Gasteiger partial charge >= 0.3 is 0 Å². The number of carbonyl (C=O) groups excluding carboxylic acids is 1. The van der Waals surface area contributed by atoms with Crippen LogP contribution in [0.1, 0.15) is 18.5 Å². The van der Waals surface area contributed by atoms with Crippen LogP contribution in [0.15, 0.2) is 34.9 Å². The average molecular weight is 271 g/mol. The number of amides is 1. The lowest BCUT2D eigenvalue weighted by Crippen LogP contribution is -2.35. The van der Waals surface area contributed by atoms with Gasteiger partial charge in [0.05, 0.1) is 11.7 Å². The number of benzene rings is 1. The molecule has 0 aliphatic carbocycles. The van der Waals surface area contributed by atoms with Gasteiger partial charge in [-0.05, 0) is 44.5 Å². The van der Waals surface area contributed by atoms with Crippen LogP contribution < -0.4 is 10.6 Å². The average Bonchev–Trinajstić information content (AvgIpc) is 3.10. The zero-order valence-corrected chi connectivity index (χ0v) is 11.3. The molecule has 1 amide bonds. The summed E-state index contributed by atoms with van der Waals surface area (Å²) in [6.45, 7) is 2.79. The third-order valence-electron chi connectivity index (χ3n) is 3.37. The van der Waals surface area contributed by atoms with E-state index in [1.165, 1.54) is 0 Å². The van der Waals surface area contributed by atoms with Crippen LogP contribution in [0.2, 0.25) is 0 Å². The molecule has 1 fully saturated rings. The molecule has 1 aliphatic heterocycles. The van der Waals surface area contributed by atoms with E-state index in [1.807, 2.05) is 31.2 Å². The normalized spacial score (nSPS) is 18.1. The molecule has 0 spiro atoms. The highest BCUT2D eigenvalue weighted by Crippen LogP contribution is 2.22. The van der Waals surface area contributed by atoms with Crippen molar-refractivity contribution in [3.05, 3.63) is 36.2 Å². The lowest BCUT2D eigenvalue weighted by Gasteiger charge is -2.11. The van der Waals surface area contributed by atoms with Gasteiger partial charge in [-0.15, -0.1) is 0 Å². The largest absolute Gasteiger partial charge is 0.444 e. The maximum atomic E-state index is 12.1. The first-order valence-electron chi connectivity index (χ1n) is 6.79. The molecule has 1 saturated heterocycles. The van der Waals surface area contributed by atoms with E-state index < -0.39 is 0 Å². The number of hydrogen-bond acceptors (Lipinski definition) is 4. The molecule has 3 rings (SSSR count).